The largest absolute Gasteiger partial charge is 0.444 e. The van der Waals surface area contributed by atoms with Crippen LogP contribution in [0.1, 0.15) is 43.9 Å². The Labute approximate surface area is 259 Å². The summed E-state index contributed by atoms with van der Waals surface area (Å²) in [6.45, 7) is 7.24. The van der Waals surface area contributed by atoms with Crippen molar-refractivity contribution in [2.75, 3.05) is 18.4 Å². The lowest BCUT2D eigenvalue weighted by Crippen LogP contribution is -2.51. The van der Waals surface area contributed by atoms with Gasteiger partial charge in [-0.05, 0) is 63.1 Å². The van der Waals surface area contributed by atoms with Crippen molar-refractivity contribution >= 4 is 32.9 Å². The maximum absolute atomic E-state index is 15.1. The molecule has 0 unspecified atom stereocenters. The number of carbonyl (C=O) groups excluding carboxylic acids is 1. The SMILES string of the molecule is Cc1cc(-c2ccc(CS(=O)(=O)Cc3ccc(F)cc3)c(F)c2)nc2cnc(N[C@H]3C[C@H](F)CN(C(=O)OC(C)(C)C)C3)nc12. The molecule has 2 aromatic heterocycles. The summed E-state index contributed by atoms with van der Waals surface area (Å²) in [6.07, 6.45) is -0.141. The molecule has 238 valence electrons. The number of ether oxygens (including phenoxy) is 1. The molecule has 0 radical (unpaired) electrons. The van der Waals surface area contributed by atoms with Crippen molar-refractivity contribution in [2.45, 2.75) is 63.4 Å². The van der Waals surface area contributed by atoms with Crippen LogP contribution < -0.4 is 5.32 Å². The monoisotopic (exact) mass is 641 g/mol. The number of hydrogen-bond acceptors (Lipinski definition) is 8. The van der Waals surface area contributed by atoms with E-state index in [0.29, 0.717) is 27.9 Å². The summed E-state index contributed by atoms with van der Waals surface area (Å²) in [5.74, 6) is -1.76. The number of sulfone groups is 1. The van der Waals surface area contributed by atoms with E-state index in [1.165, 1.54) is 47.5 Å². The first-order valence-electron chi connectivity index (χ1n) is 14.4. The van der Waals surface area contributed by atoms with Gasteiger partial charge in [0.2, 0.25) is 5.95 Å². The third-order valence-corrected chi connectivity index (χ3v) is 8.67. The van der Waals surface area contributed by atoms with Gasteiger partial charge >= 0.3 is 6.09 Å². The number of pyridine rings is 1. The molecule has 1 fully saturated rings. The van der Waals surface area contributed by atoms with Crippen LogP contribution in [0.25, 0.3) is 22.3 Å². The Morgan fingerprint density at radius 1 is 1.04 bits per heavy atom. The number of likely N-dealkylation sites (tertiary alicyclic amines) is 1. The molecule has 9 nitrogen and oxygen atoms in total. The number of hydrogen-bond donors (Lipinski definition) is 1. The summed E-state index contributed by atoms with van der Waals surface area (Å²) in [4.78, 5) is 27.3. The van der Waals surface area contributed by atoms with Crippen LogP contribution in [0.15, 0.2) is 54.7 Å². The van der Waals surface area contributed by atoms with Crippen molar-refractivity contribution in [1.29, 1.82) is 0 Å². The molecule has 2 aromatic carbocycles. The topological polar surface area (TPSA) is 114 Å². The van der Waals surface area contributed by atoms with Crippen molar-refractivity contribution < 1.29 is 31.1 Å². The molecule has 1 N–H and O–H groups in total. The zero-order chi connectivity index (χ0) is 32.5. The van der Waals surface area contributed by atoms with Crippen LogP contribution in [0.5, 0.6) is 0 Å². The lowest BCUT2D eigenvalue weighted by Gasteiger charge is -2.36. The molecule has 4 aromatic rings. The normalized spacial score (nSPS) is 17.4. The Balaban J connectivity index is 1.30. The molecular weight excluding hydrogens is 607 g/mol. The van der Waals surface area contributed by atoms with Crippen LogP contribution in [-0.4, -0.2) is 65.3 Å². The van der Waals surface area contributed by atoms with Gasteiger partial charge in [0.1, 0.15) is 28.9 Å². The number of fused-ring (bicyclic) bond motifs is 1. The molecule has 13 heteroatoms. The minimum absolute atomic E-state index is 0.0147. The van der Waals surface area contributed by atoms with E-state index in [-0.39, 0.29) is 36.8 Å². The number of nitrogens with zero attached hydrogens (tertiary/aromatic N) is 4. The molecule has 0 spiro atoms. The minimum Gasteiger partial charge on any atom is -0.444 e. The zero-order valence-corrected chi connectivity index (χ0v) is 26.2. The van der Waals surface area contributed by atoms with Gasteiger partial charge in [-0.2, -0.15) is 0 Å². The van der Waals surface area contributed by atoms with Gasteiger partial charge in [-0.1, -0.05) is 24.3 Å². The van der Waals surface area contributed by atoms with Gasteiger partial charge < -0.3 is 15.0 Å². The third kappa shape index (κ3) is 8.27. The first kappa shape index (κ1) is 32.1. The van der Waals surface area contributed by atoms with E-state index in [1.54, 1.807) is 32.9 Å². The average molecular weight is 642 g/mol. The molecule has 0 bridgehead atoms. The zero-order valence-electron chi connectivity index (χ0n) is 25.4. The summed E-state index contributed by atoms with van der Waals surface area (Å²) in [6, 6.07) is 10.7. The number of benzene rings is 2. The van der Waals surface area contributed by atoms with Crippen molar-refractivity contribution in [3.63, 3.8) is 0 Å². The van der Waals surface area contributed by atoms with Crippen molar-refractivity contribution in [3.05, 3.63) is 83.1 Å². The van der Waals surface area contributed by atoms with Crippen LogP contribution in [0.3, 0.4) is 0 Å². The number of amides is 1. The molecular formula is C32H34F3N5O4S. The molecule has 1 aliphatic rings. The van der Waals surface area contributed by atoms with E-state index in [9.17, 15) is 22.0 Å². The fraction of sp³-hybridized carbons (Fsp3) is 0.375. The van der Waals surface area contributed by atoms with Gasteiger partial charge in [-0.3, -0.25) is 0 Å². The molecule has 45 heavy (non-hydrogen) atoms. The Kier molecular flexibility index (Phi) is 9.02. The van der Waals surface area contributed by atoms with Gasteiger partial charge in [0.25, 0.3) is 0 Å². The third-order valence-electron chi connectivity index (χ3n) is 7.15. The number of alkyl halides is 1. The smallest absolute Gasteiger partial charge is 0.410 e. The summed E-state index contributed by atoms with van der Waals surface area (Å²) in [5, 5.41) is 3.12. The van der Waals surface area contributed by atoms with E-state index in [2.05, 4.69) is 20.3 Å². The maximum Gasteiger partial charge on any atom is 0.410 e. The highest BCUT2D eigenvalue weighted by molar-refractivity contribution is 7.89. The van der Waals surface area contributed by atoms with Crippen molar-refractivity contribution in [3.8, 4) is 11.3 Å². The maximum atomic E-state index is 15.1. The van der Waals surface area contributed by atoms with Crippen LogP contribution in [0.4, 0.5) is 23.9 Å². The van der Waals surface area contributed by atoms with Crippen LogP contribution >= 0.6 is 0 Å². The Morgan fingerprint density at radius 3 is 2.47 bits per heavy atom. The summed E-state index contributed by atoms with van der Waals surface area (Å²) in [5.41, 5.74) is 2.34. The lowest BCUT2D eigenvalue weighted by molar-refractivity contribution is 0.0124. The van der Waals surface area contributed by atoms with Crippen LogP contribution in [0.2, 0.25) is 0 Å². The highest BCUT2D eigenvalue weighted by Crippen LogP contribution is 2.27. The van der Waals surface area contributed by atoms with Crippen molar-refractivity contribution in [1.82, 2.24) is 19.9 Å². The van der Waals surface area contributed by atoms with E-state index in [4.69, 9.17) is 4.74 Å². The highest BCUT2D eigenvalue weighted by atomic mass is 32.2. The summed E-state index contributed by atoms with van der Waals surface area (Å²) < 4.78 is 73.6. The molecule has 3 heterocycles. The fourth-order valence-corrected chi connectivity index (χ4v) is 6.66. The van der Waals surface area contributed by atoms with E-state index in [0.717, 1.165) is 5.56 Å². The first-order valence-corrected chi connectivity index (χ1v) is 16.2. The molecule has 1 aliphatic heterocycles. The number of carbonyl (C=O) groups is 1. The predicted molar refractivity (Wildman–Crippen MR) is 165 cm³/mol. The van der Waals surface area contributed by atoms with E-state index < -0.39 is 51.1 Å². The van der Waals surface area contributed by atoms with Gasteiger partial charge in [0, 0.05) is 30.1 Å². The summed E-state index contributed by atoms with van der Waals surface area (Å²) in [7, 11) is -3.72. The summed E-state index contributed by atoms with van der Waals surface area (Å²) >= 11 is 0. The van der Waals surface area contributed by atoms with Crippen LogP contribution in [0, 0.1) is 18.6 Å². The molecule has 1 saturated heterocycles. The fourth-order valence-electron chi connectivity index (χ4n) is 5.15. The van der Waals surface area contributed by atoms with Crippen molar-refractivity contribution in [2.24, 2.45) is 0 Å². The predicted octanol–water partition coefficient (Wildman–Crippen LogP) is 6.15. The Hall–Kier alpha value is -4.26. The van der Waals surface area contributed by atoms with Gasteiger partial charge in [0.15, 0.2) is 9.84 Å². The highest BCUT2D eigenvalue weighted by Gasteiger charge is 2.33. The standard InChI is InChI=1S/C32H34F3N5O4S/c1-19-11-27(21-7-8-22(26(35)12-21)18-45(42,43)17-20-5-9-23(33)10-6-20)38-28-14-36-30(39-29(19)28)37-25-13-24(34)15-40(16-25)31(41)44-32(2,3)4/h5-12,14,24-25H,13,15-18H2,1-4H3,(H,36,37,39)/t24-,25-/m0/s1. The first-order chi connectivity index (χ1) is 21.1. The number of nitrogens with one attached hydrogen (secondary N) is 1. The minimum atomic E-state index is -3.72. The average Bonchev–Trinajstić information content (AvgIpc) is 2.94. The number of halogens is 3. The number of aryl methyl sites for hydroxylation is 1. The second kappa shape index (κ2) is 12.6. The molecule has 1 amide bonds. The molecule has 0 saturated carbocycles. The molecule has 2 atom stereocenters. The lowest BCUT2D eigenvalue weighted by atomic mass is 10.0. The van der Waals surface area contributed by atoms with Gasteiger partial charge in [-0.15, -0.1) is 0 Å². The molecule has 0 aliphatic carbocycles. The van der Waals surface area contributed by atoms with Gasteiger partial charge in [0.05, 0.1) is 35.5 Å². The second-order valence-electron chi connectivity index (χ2n) is 12.3. The van der Waals surface area contributed by atoms with E-state index >= 15 is 4.39 Å². The number of anilines is 1. The Morgan fingerprint density at radius 2 is 1.78 bits per heavy atom. The van der Waals surface area contributed by atoms with Gasteiger partial charge in [-0.25, -0.2) is 41.3 Å². The molecule has 5 rings (SSSR count). The number of aromatic nitrogens is 3. The van der Waals surface area contributed by atoms with Crippen LogP contribution in [-0.2, 0) is 26.1 Å². The quantitative estimate of drug-likeness (QED) is 0.256. The second-order valence-corrected chi connectivity index (χ2v) is 14.3. The number of rotatable bonds is 7. The Bertz CT molecular complexity index is 1830. The van der Waals surface area contributed by atoms with E-state index in [1.807, 2.05) is 6.92 Å². The number of piperidine rings is 1.